The molecule has 0 N–H and O–H groups in total. The molecule has 3 nitrogen and oxygen atoms in total. The van der Waals surface area contributed by atoms with Crippen LogP contribution in [0.4, 0.5) is 0 Å². The second-order valence-corrected chi connectivity index (χ2v) is 8.12. The molecule has 124 valence electrons. The Morgan fingerprint density at radius 2 is 2.12 bits per heavy atom. The molecular weight excluding hydrogens is 404 g/mol. The average molecular weight is 421 g/mol. The smallest absolute Gasteiger partial charge is 0.228 e. The Hall–Kier alpha value is -1.50. The van der Waals surface area contributed by atoms with Gasteiger partial charge in [0.2, 0.25) is 5.91 Å². The molecule has 0 aliphatic rings. The molecule has 3 aromatic rings. The number of carbonyl (C=O) groups is 1. The molecule has 0 radical (unpaired) electrons. The Bertz CT molecular complexity index is 814. The van der Waals surface area contributed by atoms with E-state index in [0.717, 1.165) is 20.7 Å². The number of rotatable bonds is 6. The minimum Gasteiger partial charge on any atom is -0.337 e. The number of nitrogens with zero attached hydrogens (tertiary/aromatic N) is 2. The molecule has 2 aromatic heterocycles. The van der Waals surface area contributed by atoms with Gasteiger partial charge in [-0.1, -0.05) is 34.1 Å². The maximum absolute atomic E-state index is 12.6. The van der Waals surface area contributed by atoms with Gasteiger partial charge >= 0.3 is 0 Å². The SMILES string of the molecule is CCN(Cc1cccs1)C(=O)Cc1csc(-c2cccc(Br)c2)n1. The minimum atomic E-state index is 0.122. The van der Waals surface area contributed by atoms with E-state index in [2.05, 4.69) is 27.0 Å². The number of thiazole rings is 1. The number of likely N-dealkylation sites (N-methyl/N-ethyl adjacent to an activating group) is 1. The molecule has 0 atom stereocenters. The fourth-order valence-corrected chi connectivity index (χ4v) is 4.31. The number of amides is 1. The first-order chi connectivity index (χ1) is 11.7. The molecule has 0 bridgehead atoms. The molecule has 0 saturated heterocycles. The largest absolute Gasteiger partial charge is 0.337 e. The zero-order chi connectivity index (χ0) is 16.9. The van der Waals surface area contributed by atoms with Gasteiger partial charge in [0.25, 0.3) is 0 Å². The predicted molar refractivity (Wildman–Crippen MR) is 104 cm³/mol. The van der Waals surface area contributed by atoms with E-state index in [1.54, 1.807) is 22.7 Å². The van der Waals surface area contributed by atoms with Crippen LogP contribution in [0.25, 0.3) is 10.6 Å². The Morgan fingerprint density at radius 1 is 1.25 bits per heavy atom. The molecule has 0 spiro atoms. The first kappa shape index (κ1) is 17.3. The third-order valence-electron chi connectivity index (χ3n) is 3.62. The molecular formula is C18H17BrN2OS2. The second-order valence-electron chi connectivity index (χ2n) is 5.32. The van der Waals surface area contributed by atoms with Crippen LogP contribution in [0.15, 0.2) is 51.6 Å². The van der Waals surface area contributed by atoms with Gasteiger partial charge in [0.05, 0.1) is 18.7 Å². The van der Waals surface area contributed by atoms with E-state index >= 15 is 0 Å². The van der Waals surface area contributed by atoms with Crippen LogP contribution in [-0.2, 0) is 17.8 Å². The molecule has 1 aromatic carbocycles. The van der Waals surface area contributed by atoms with Crippen molar-refractivity contribution in [2.24, 2.45) is 0 Å². The van der Waals surface area contributed by atoms with E-state index in [1.807, 2.05) is 52.9 Å². The summed E-state index contributed by atoms with van der Waals surface area (Å²) in [5.74, 6) is 0.122. The van der Waals surface area contributed by atoms with E-state index < -0.39 is 0 Å². The molecule has 3 rings (SSSR count). The summed E-state index contributed by atoms with van der Waals surface area (Å²) in [6, 6.07) is 12.1. The van der Waals surface area contributed by atoms with Crippen LogP contribution >= 0.6 is 38.6 Å². The number of carbonyl (C=O) groups excluding carboxylic acids is 1. The zero-order valence-corrected chi connectivity index (χ0v) is 16.5. The van der Waals surface area contributed by atoms with Gasteiger partial charge < -0.3 is 4.90 Å². The van der Waals surface area contributed by atoms with E-state index in [0.29, 0.717) is 19.5 Å². The lowest BCUT2D eigenvalue weighted by Crippen LogP contribution is -2.31. The predicted octanol–water partition coefficient (Wildman–Crippen LogP) is 5.23. The highest BCUT2D eigenvalue weighted by Gasteiger charge is 2.15. The number of benzene rings is 1. The first-order valence-corrected chi connectivity index (χ1v) is 10.2. The molecule has 0 aliphatic carbocycles. The quantitative estimate of drug-likeness (QED) is 0.547. The van der Waals surface area contributed by atoms with Gasteiger partial charge in [-0.25, -0.2) is 4.98 Å². The van der Waals surface area contributed by atoms with Gasteiger partial charge in [0.15, 0.2) is 0 Å². The standard InChI is InChI=1S/C18H17BrN2OS2/c1-2-21(11-16-7-4-8-23-16)17(22)10-15-12-24-18(20-15)13-5-3-6-14(19)9-13/h3-9,12H,2,10-11H2,1H3. The van der Waals surface area contributed by atoms with Crippen LogP contribution in [0.5, 0.6) is 0 Å². The molecule has 0 aliphatic heterocycles. The summed E-state index contributed by atoms with van der Waals surface area (Å²) < 4.78 is 1.03. The maximum Gasteiger partial charge on any atom is 0.228 e. The Kier molecular flexibility index (Phi) is 5.81. The third kappa shape index (κ3) is 4.32. The van der Waals surface area contributed by atoms with Gasteiger partial charge in [-0.2, -0.15) is 0 Å². The van der Waals surface area contributed by atoms with E-state index in [-0.39, 0.29) is 5.91 Å². The number of aromatic nitrogens is 1. The van der Waals surface area contributed by atoms with Crippen LogP contribution in [-0.4, -0.2) is 22.3 Å². The maximum atomic E-state index is 12.6. The molecule has 2 heterocycles. The summed E-state index contributed by atoms with van der Waals surface area (Å²) in [6.45, 7) is 3.40. The van der Waals surface area contributed by atoms with Crippen LogP contribution in [0, 0.1) is 0 Å². The van der Waals surface area contributed by atoms with E-state index in [1.165, 1.54) is 4.88 Å². The highest BCUT2D eigenvalue weighted by atomic mass is 79.9. The molecule has 0 fully saturated rings. The molecule has 24 heavy (non-hydrogen) atoms. The topological polar surface area (TPSA) is 33.2 Å². The highest BCUT2D eigenvalue weighted by Crippen LogP contribution is 2.26. The van der Waals surface area contributed by atoms with Crippen molar-refractivity contribution in [3.63, 3.8) is 0 Å². The summed E-state index contributed by atoms with van der Waals surface area (Å²) >= 11 is 6.74. The fourth-order valence-electron chi connectivity index (χ4n) is 2.38. The molecule has 6 heteroatoms. The van der Waals surface area contributed by atoms with Gasteiger partial charge in [-0.05, 0) is 30.5 Å². The van der Waals surface area contributed by atoms with Crippen LogP contribution < -0.4 is 0 Å². The summed E-state index contributed by atoms with van der Waals surface area (Å²) in [4.78, 5) is 20.3. The van der Waals surface area contributed by atoms with Crippen molar-refractivity contribution in [3.05, 3.63) is 62.2 Å². The van der Waals surface area contributed by atoms with Crippen LogP contribution in [0.3, 0.4) is 0 Å². The first-order valence-electron chi connectivity index (χ1n) is 7.66. The fraction of sp³-hybridized carbons (Fsp3) is 0.222. The number of thiophene rings is 1. The lowest BCUT2D eigenvalue weighted by atomic mass is 10.2. The number of hydrogen-bond donors (Lipinski definition) is 0. The van der Waals surface area contributed by atoms with Crippen molar-refractivity contribution in [3.8, 4) is 10.6 Å². The van der Waals surface area contributed by atoms with Crippen molar-refractivity contribution in [2.45, 2.75) is 19.9 Å². The monoisotopic (exact) mass is 420 g/mol. The molecule has 0 unspecified atom stereocenters. The third-order valence-corrected chi connectivity index (χ3v) is 5.91. The Morgan fingerprint density at radius 3 is 2.83 bits per heavy atom. The lowest BCUT2D eigenvalue weighted by Gasteiger charge is -2.19. The van der Waals surface area contributed by atoms with Gasteiger partial charge in [-0.3, -0.25) is 4.79 Å². The highest BCUT2D eigenvalue weighted by molar-refractivity contribution is 9.10. The normalized spacial score (nSPS) is 10.8. The summed E-state index contributed by atoms with van der Waals surface area (Å²) in [7, 11) is 0. The number of hydrogen-bond acceptors (Lipinski definition) is 4. The lowest BCUT2D eigenvalue weighted by molar-refractivity contribution is -0.130. The van der Waals surface area contributed by atoms with Gasteiger partial charge in [0, 0.05) is 26.8 Å². The Labute approximate surface area is 158 Å². The second kappa shape index (κ2) is 8.05. The summed E-state index contributed by atoms with van der Waals surface area (Å²) in [6.07, 6.45) is 0.351. The van der Waals surface area contributed by atoms with Crippen LogP contribution in [0.1, 0.15) is 17.5 Å². The Balaban J connectivity index is 1.68. The van der Waals surface area contributed by atoms with Gasteiger partial charge in [0.1, 0.15) is 5.01 Å². The van der Waals surface area contributed by atoms with Crippen molar-refractivity contribution >= 4 is 44.5 Å². The van der Waals surface area contributed by atoms with Crippen LogP contribution in [0.2, 0.25) is 0 Å². The van der Waals surface area contributed by atoms with Crippen molar-refractivity contribution < 1.29 is 4.79 Å². The van der Waals surface area contributed by atoms with Crippen molar-refractivity contribution in [1.29, 1.82) is 0 Å². The van der Waals surface area contributed by atoms with Crippen molar-refractivity contribution in [2.75, 3.05) is 6.54 Å². The minimum absolute atomic E-state index is 0.122. The van der Waals surface area contributed by atoms with E-state index in [9.17, 15) is 4.79 Å². The molecule has 1 amide bonds. The number of halogens is 1. The van der Waals surface area contributed by atoms with E-state index in [4.69, 9.17) is 0 Å². The van der Waals surface area contributed by atoms with Crippen molar-refractivity contribution in [1.82, 2.24) is 9.88 Å². The summed E-state index contributed by atoms with van der Waals surface area (Å²) in [5.41, 5.74) is 1.91. The summed E-state index contributed by atoms with van der Waals surface area (Å²) in [5, 5.41) is 4.96. The molecule has 0 saturated carbocycles. The average Bonchev–Trinajstić information content (AvgIpc) is 3.24. The van der Waals surface area contributed by atoms with Gasteiger partial charge in [-0.15, -0.1) is 22.7 Å². The zero-order valence-electron chi connectivity index (χ0n) is 13.2.